The van der Waals surface area contributed by atoms with Gasteiger partial charge in [0, 0.05) is 23.6 Å². The maximum Gasteiger partial charge on any atom is 0.134 e. The van der Waals surface area contributed by atoms with Gasteiger partial charge in [-0.2, -0.15) is 0 Å². The van der Waals surface area contributed by atoms with Crippen LogP contribution in [0.4, 0.5) is 0 Å². The topological polar surface area (TPSA) is 66.0 Å². The van der Waals surface area contributed by atoms with Gasteiger partial charge in [0.1, 0.15) is 18.1 Å². The first-order valence-corrected chi connectivity index (χ1v) is 6.36. The summed E-state index contributed by atoms with van der Waals surface area (Å²) in [6.07, 6.45) is 1.83. The zero-order valence-corrected chi connectivity index (χ0v) is 11.9. The molecule has 2 aromatic rings. The molecule has 0 radical (unpaired) electrons. The van der Waals surface area contributed by atoms with Crippen molar-refractivity contribution in [2.24, 2.45) is 12.8 Å². The molecule has 1 aromatic heterocycles. The number of halogens is 1. The molecule has 0 fully saturated rings. The summed E-state index contributed by atoms with van der Waals surface area (Å²) >= 11 is 3.45. The Morgan fingerprint density at radius 1 is 1.44 bits per heavy atom. The first kappa shape index (κ1) is 13.0. The van der Waals surface area contributed by atoms with Crippen LogP contribution in [0.5, 0.6) is 5.75 Å². The van der Waals surface area contributed by atoms with E-state index in [1.165, 1.54) is 0 Å². The molecular weight excluding hydrogens is 296 g/mol. The Morgan fingerprint density at radius 3 is 2.83 bits per heavy atom. The smallest absolute Gasteiger partial charge is 0.134 e. The predicted molar refractivity (Wildman–Crippen MR) is 72.1 cm³/mol. The SMILES string of the molecule is Cc1cc(Br)cc(CN)c1OCc1cn(C)nn1. The molecule has 0 saturated heterocycles. The number of hydrogen-bond acceptors (Lipinski definition) is 4. The fourth-order valence-corrected chi connectivity index (χ4v) is 2.38. The zero-order chi connectivity index (χ0) is 13.1. The lowest BCUT2D eigenvalue weighted by Crippen LogP contribution is -2.04. The van der Waals surface area contributed by atoms with Gasteiger partial charge < -0.3 is 10.5 Å². The molecule has 0 unspecified atom stereocenters. The van der Waals surface area contributed by atoms with Crippen molar-refractivity contribution in [3.63, 3.8) is 0 Å². The van der Waals surface area contributed by atoms with Gasteiger partial charge >= 0.3 is 0 Å². The molecule has 2 N–H and O–H groups in total. The third-order valence-corrected chi connectivity index (χ3v) is 3.01. The van der Waals surface area contributed by atoms with Gasteiger partial charge in [0.25, 0.3) is 0 Å². The summed E-state index contributed by atoms with van der Waals surface area (Å²) < 4.78 is 8.45. The molecule has 5 nitrogen and oxygen atoms in total. The van der Waals surface area contributed by atoms with Gasteiger partial charge in [-0.3, -0.25) is 4.68 Å². The quantitative estimate of drug-likeness (QED) is 0.937. The first-order chi connectivity index (χ1) is 8.60. The lowest BCUT2D eigenvalue weighted by molar-refractivity contribution is 0.296. The van der Waals surface area contributed by atoms with Crippen molar-refractivity contribution < 1.29 is 4.74 Å². The van der Waals surface area contributed by atoms with Gasteiger partial charge in [-0.05, 0) is 24.6 Å². The summed E-state index contributed by atoms with van der Waals surface area (Å²) in [6.45, 7) is 2.83. The highest BCUT2D eigenvalue weighted by molar-refractivity contribution is 9.10. The Morgan fingerprint density at radius 2 is 2.22 bits per heavy atom. The van der Waals surface area contributed by atoms with Crippen molar-refractivity contribution in [2.45, 2.75) is 20.1 Å². The number of benzene rings is 1. The molecule has 96 valence electrons. The molecule has 0 aliphatic carbocycles. The number of hydrogen-bond donors (Lipinski definition) is 1. The van der Waals surface area contributed by atoms with E-state index in [1.807, 2.05) is 32.3 Å². The lowest BCUT2D eigenvalue weighted by Gasteiger charge is -2.13. The minimum Gasteiger partial charge on any atom is -0.487 e. The summed E-state index contributed by atoms with van der Waals surface area (Å²) in [7, 11) is 1.83. The molecule has 18 heavy (non-hydrogen) atoms. The minimum atomic E-state index is 0.392. The molecule has 0 spiro atoms. The first-order valence-electron chi connectivity index (χ1n) is 5.57. The number of nitrogens with zero attached hydrogens (tertiary/aromatic N) is 3. The van der Waals surface area contributed by atoms with E-state index < -0.39 is 0 Å². The molecule has 0 atom stereocenters. The van der Waals surface area contributed by atoms with Crippen LogP contribution < -0.4 is 10.5 Å². The van der Waals surface area contributed by atoms with Crippen molar-refractivity contribution >= 4 is 15.9 Å². The third kappa shape index (κ3) is 2.88. The van der Waals surface area contributed by atoms with Crippen LogP contribution in [0, 0.1) is 6.92 Å². The number of ether oxygens (including phenoxy) is 1. The van der Waals surface area contributed by atoms with Gasteiger partial charge in [-0.15, -0.1) is 5.10 Å². The molecule has 0 amide bonds. The van der Waals surface area contributed by atoms with Crippen molar-refractivity contribution in [1.82, 2.24) is 15.0 Å². The zero-order valence-electron chi connectivity index (χ0n) is 10.4. The van der Waals surface area contributed by atoms with Gasteiger partial charge in [0.15, 0.2) is 0 Å². The lowest BCUT2D eigenvalue weighted by atomic mass is 10.1. The minimum absolute atomic E-state index is 0.392. The second-order valence-electron chi connectivity index (χ2n) is 4.09. The molecule has 2 rings (SSSR count). The van der Waals surface area contributed by atoms with Crippen LogP contribution in [-0.2, 0) is 20.2 Å². The van der Waals surface area contributed by atoms with Crippen LogP contribution in [0.2, 0.25) is 0 Å². The van der Waals surface area contributed by atoms with Gasteiger partial charge in [-0.1, -0.05) is 21.1 Å². The highest BCUT2D eigenvalue weighted by atomic mass is 79.9. The fourth-order valence-electron chi connectivity index (χ4n) is 1.76. The van der Waals surface area contributed by atoms with Gasteiger partial charge in [-0.25, -0.2) is 0 Å². The highest BCUT2D eigenvalue weighted by Gasteiger charge is 2.09. The van der Waals surface area contributed by atoms with Crippen LogP contribution in [0.25, 0.3) is 0 Å². The second kappa shape index (κ2) is 5.49. The molecule has 1 heterocycles. The molecule has 1 aromatic carbocycles. The molecule has 0 saturated carbocycles. The van der Waals surface area contributed by atoms with Crippen molar-refractivity contribution in [1.29, 1.82) is 0 Å². The molecule has 0 aliphatic rings. The van der Waals surface area contributed by atoms with Crippen LogP contribution >= 0.6 is 15.9 Å². The standard InChI is InChI=1S/C12H15BrN4O/c1-8-3-10(13)4-9(5-14)12(8)18-7-11-6-17(2)16-15-11/h3-4,6H,5,7,14H2,1-2H3. The number of rotatable bonds is 4. The second-order valence-corrected chi connectivity index (χ2v) is 5.00. The Balaban J connectivity index is 2.18. The molecular formula is C12H15BrN4O. The van der Waals surface area contributed by atoms with Crippen LogP contribution in [-0.4, -0.2) is 15.0 Å². The summed E-state index contributed by atoms with van der Waals surface area (Å²) in [5.41, 5.74) is 8.55. The number of nitrogens with two attached hydrogens (primary N) is 1. The average Bonchev–Trinajstić information content (AvgIpc) is 2.73. The molecule has 0 aliphatic heterocycles. The van der Waals surface area contributed by atoms with Crippen LogP contribution in [0.15, 0.2) is 22.8 Å². The van der Waals surface area contributed by atoms with E-state index in [4.69, 9.17) is 10.5 Å². The maximum atomic E-state index is 5.80. The summed E-state index contributed by atoms with van der Waals surface area (Å²) in [4.78, 5) is 0. The summed E-state index contributed by atoms with van der Waals surface area (Å²) in [6, 6.07) is 3.98. The van der Waals surface area contributed by atoms with Crippen LogP contribution in [0.1, 0.15) is 16.8 Å². The largest absolute Gasteiger partial charge is 0.487 e. The highest BCUT2D eigenvalue weighted by Crippen LogP contribution is 2.28. The van der Waals surface area contributed by atoms with E-state index in [0.29, 0.717) is 13.2 Å². The van der Waals surface area contributed by atoms with E-state index >= 15 is 0 Å². The Kier molecular flexibility index (Phi) is 3.98. The summed E-state index contributed by atoms with van der Waals surface area (Å²) in [5.74, 6) is 0.825. The van der Waals surface area contributed by atoms with Crippen molar-refractivity contribution in [3.8, 4) is 5.75 Å². The normalized spacial score (nSPS) is 10.7. The van der Waals surface area contributed by atoms with E-state index in [1.54, 1.807) is 4.68 Å². The third-order valence-electron chi connectivity index (χ3n) is 2.55. The Bertz CT molecular complexity index is 553. The van der Waals surface area contributed by atoms with E-state index in [0.717, 1.165) is 27.0 Å². The predicted octanol–water partition coefficient (Wildman–Crippen LogP) is 1.92. The van der Waals surface area contributed by atoms with Gasteiger partial charge in [0.05, 0.1) is 6.20 Å². The van der Waals surface area contributed by atoms with E-state index in [2.05, 4.69) is 26.2 Å². The van der Waals surface area contributed by atoms with Gasteiger partial charge in [0.2, 0.25) is 0 Å². The molecule has 6 heteroatoms. The monoisotopic (exact) mass is 310 g/mol. The fraction of sp³-hybridized carbons (Fsp3) is 0.333. The van der Waals surface area contributed by atoms with E-state index in [9.17, 15) is 0 Å². The van der Waals surface area contributed by atoms with Crippen molar-refractivity contribution in [3.05, 3.63) is 39.6 Å². The Labute approximate surface area is 114 Å². The Hall–Kier alpha value is -1.40. The molecule has 0 bridgehead atoms. The van der Waals surface area contributed by atoms with E-state index in [-0.39, 0.29) is 0 Å². The summed E-state index contributed by atoms with van der Waals surface area (Å²) in [5, 5.41) is 7.84. The maximum absolute atomic E-state index is 5.80. The number of aryl methyl sites for hydroxylation is 2. The number of aromatic nitrogens is 3. The van der Waals surface area contributed by atoms with Crippen molar-refractivity contribution in [2.75, 3.05) is 0 Å². The van der Waals surface area contributed by atoms with Crippen LogP contribution in [0.3, 0.4) is 0 Å². The average molecular weight is 311 g/mol.